The summed E-state index contributed by atoms with van der Waals surface area (Å²) in [6.45, 7) is 2.01. The Hall–Kier alpha value is -3.39. The van der Waals surface area contributed by atoms with Gasteiger partial charge in [0.25, 0.3) is 5.91 Å². The number of carbonyl (C=O) groups excluding carboxylic acids is 3. The smallest absolute Gasteiger partial charge is 0.324 e. The predicted molar refractivity (Wildman–Crippen MR) is 136 cm³/mol. The maximum absolute atomic E-state index is 13.2. The highest BCUT2D eigenvalue weighted by Crippen LogP contribution is 2.37. The fraction of sp³-hybridized carbons (Fsp3) is 0.464. The summed E-state index contributed by atoms with van der Waals surface area (Å²) in [5.74, 6) is 0.383. The van der Waals surface area contributed by atoms with Crippen molar-refractivity contribution in [3.8, 4) is 5.75 Å². The summed E-state index contributed by atoms with van der Waals surface area (Å²) in [5, 5.41) is 5.70. The first kappa shape index (κ1) is 25.7. The number of carbonyl (C=O) groups is 3. The van der Waals surface area contributed by atoms with Gasteiger partial charge >= 0.3 is 6.03 Å². The zero-order chi connectivity index (χ0) is 25.4. The van der Waals surface area contributed by atoms with Crippen LogP contribution in [0.2, 0.25) is 0 Å². The van der Waals surface area contributed by atoms with Crippen LogP contribution in [-0.2, 0) is 26.2 Å². The van der Waals surface area contributed by atoms with Crippen molar-refractivity contribution >= 4 is 17.8 Å². The molecule has 2 heterocycles. The van der Waals surface area contributed by atoms with Gasteiger partial charge in [-0.1, -0.05) is 42.5 Å². The van der Waals surface area contributed by atoms with E-state index >= 15 is 0 Å². The fourth-order valence-corrected chi connectivity index (χ4v) is 5.00. The molecule has 2 N–H and O–H groups in total. The number of methoxy groups -OCH3 is 1. The molecule has 2 fully saturated rings. The number of amides is 4. The first-order chi connectivity index (χ1) is 17.5. The van der Waals surface area contributed by atoms with Crippen molar-refractivity contribution in [3.63, 3.8) is 0 Å². The second-order valence-corrected chi connectivity index (χ2v) is 9.53. The van der Waals surface area contributed by atoms with Gasteiger partial charge in [-0.25, -0.2) is 4.79 Å². The van der Waals surface area contributed by atoms with Gasteiger partial charge in [-0.05, 0) is 55.4 Å². The molecule has 8 nitrogen and oxygen atoms in total. The third-order valence-corrected chi connectivity index (χ3v) is 7.19. The van der Waals surface area contributed by atoms with E-state index < -0.39 is 12.1 Å². The lowest BCUT2D eigenvalue weighted by molar-refractivity contribution is -0.129. The SMILES string of the molecule is COc1ccc(C2(CN3C(=O)NC(CCC(=O)NCCCc4ccccc4)C3=O)CCOCC2)cc1. The quantitative estimate of drug-likeness (QED) is 0.370. The summed E-state index contributed by atoms with van der Waals surface area (Å²) in [5.41, 5.74) is 1.93. The highest BCUT2D eigenvalue weighted by Gasteiger charge is 2.44. The average Bonchev–Trinajstić information content (AvgIpc) is 3.18. The third-order valence-electron chi connectivity index (χ3n) is 7.19. The molecule has 0 radical (unpaired) electrons. The molecule has 0 spiro atoms. The van der Waals surface area contributed by atoms with Gasteiger partial charge in [0.15, 0.2) is 0 Å². The van der Waals surface area contributed by atoms with Gasteiger partial charge in [0.2, 0.25) is 5.91 Å². The van der Waals surface area contributed by atoms with E-state index in [-0.39, 0.29) is 36.6 Å². The molecule has 2 saturated heterocycles. The maximum Gasteiger partial charge on any atom is 0.324 e. The molecule has 2 aliphatic heterocycles. The van der Waals surface area contributed by atoms with Crippen LogP contribution in [0, 0.1) is 0 Å². The molecule has 2 aliphatic rings. The van der Waals surface area contributed by atoms with Gasteiger partial charge in [-0.3, -0.25) is 14.5 Å². The van der Waals surface area contributed by atoms with Crippen molar-refractivity contribution in [2.24, 2.45) is 0 Å². The number of benzene rings is 2. The van der Waals surface area contributed by atoms with E-state index in [1.54, 1.807) is 7.11 Å². The van der Waals surface area contributed by atoms with E-state index in [1.807, 2.05) is 42.5 Å². The topological polar surface area (TPSA) is 97.0 Å². The molecule has 36 heavy (non-hydrogen) atoms. The van der Waals surface area contributed by atoms with Crippen LogP contribution in [0.4, 0.5) is 4.79 Å². The number of hydrogen-bond donors (Lipinski definition) is 2. The lowest BCUT2D eigenvalue weighted by Gasteiger charge is -2.39. The van der Waals surface area contributed by atoms with E-state index in [4.69, 9.17) is 9.47 Å². The number of nitrogens with zero attached hydrogens (tertiary/aromatic N) is 1. The van der Waals surface area contributed by atoms with Gasteiger partial charge < -0.3 is 20.1 Å². The summed E-state index contributed by atoms with van der Waals surface area (Å²) >= 11 is 0. The van der Waals surface area contributed by atoms with Gasteiger partial charge in [-0.15, -0.1) is 0 Å². The lowest BCUT2D eigenvalue weighted by Crippen LogP contribution is -2.47. The number of rotatable bonds is 11. The Morgan fingerprint density at radius 2 is 1.83 bits per heavy atom. The minimum atomic E-state index is -0.680. The predicted octanol–water partition coefficient (Wildman–Crippen LogP) is 3.19. The second kappa shape index (κ2) is 12.0. The molecule has 0 aliphatic carbocycles. The molecule has 1 unspecified atom stereocenters. The molecule has 1 atom stereocenters. The minimum absolute atomic E-state index is 0.109. The third kappa shape index (κ3) is 6.23. The van der Waals surface area contributed by atoms with Crippen LogP contribution < -0.4 is 15.4 Å². The summed E-state index contributed by atoms with van der Waals surface area (Å²) < 4.78 is 10.9. The fourth-order valence-electron chi connectivity index (χ4n) is 5.00. The first-order valence-electron chi connectivity index (χ1n) is 12.7. The Bertz CT molecular complexity index is 1030. The molecule has 4 rings (SSSR count). The van der Waals surface area contributed by atoms with Crippen LogP contribution in [0.3, 0.4) is 0 Å². The number of ether oxygens (including phenoxy) is 2. The van der Waals surface area contributed by atoms with Crippen LogP contribution in [0.1, 0.15) is 43.2 Å². The summed E-state index contributed by atoms with van der Waals surface area (Å²) in [6, 6.07) is 16.9. The monoisotopic (exact) mass is 493 g/mol. The Morgan fingerprint density at radius 3 is 2.53 bits per heavy atom. The number of urea groups is 1. The summed E-state index contributed by atoms with van der Waals surface area (Å²) in [4.78, 5) is 39.6. The average molecular weight is 494 g/mol. The van der Waals surface area contributed by atoms with Gasteiger partial charge in [0, 0.05) is 38.1 Å². The van der Waals surface area contributed by atoms with Gasteiger partial charge in [-0.2, -0.15) is 0 Å². The standard InChI is InChI=1S/C28H35N3O5/c1-35-23-11-9-22(10-12-23)28(15-18-36-19-16-28)20-31-26(33)24(30-27(31)34)13-14-25(32)29-17-5-8-21-6-3-2-4-7-21/h2-4,6-7,9-12,24H,5,8,13-20H2,1H3,(H,29,32)(H,30,34). The molecule has 0 bridgehead atoms. The molecule has 0 aromatic heterocycles. The van der Waals surface area contributed by atoms with Crippen molar-refractivity contribution in [3.05, 3.63) is 65.7 Å². The second-order valence-electron chi connectivity index (χ2n) is 9.53. The van der Waals surface area contributed by atoms with Gasteiger partial charge in [0.05, 0.1) is 7.11 Å². The Labute approximate surface area is 212 Å². The molecule has 2 aromatic rings. The highest BCUT2D eigenvalue weighted by molar-refractivity contribution is 6.04. The minimum Gasteiger partial charge on any atom is -0.497 e. The zero-order valence-electron chi connectivity index (χ0n) is 20.8. The van der Waals surface area contributed by atoms with Crippen LogP contribution in [0.5, 0.6) is 5.75 Å². The Kier molecular flexibility index (Phi) is 8.59. The number of nitrogens with one attached hydrogen (secondary N) is 2. The molecular weight excluding hydrogens is 458 g/mol. The summed E-state index contributed by atoms with van der Waals surface area (Å²) in [7, 11) is 1.62. The van der Waals surface area contributed by atoms with Crippen LogP contribution in [-0.4, -0.2) is 62.2 Å². The van der Waals surface area contributed by atoms with Crippen molar-refractivity contribution in [2.45, 2.75) is 50.0 Å². The molecule has 0 saturated carbocycles. The Morgan fingerprint density at radius 1 is 1.11 bits per heavy atom. The normalized spacial score (nSPS) is 19.1. The van der Waals surface area contributed by atoms with Crippen molar-refractivity contribution < 1.29 is 23.9 Å². The van der Waals surface area contributed by atoms with E-state index in [0.29, 0.717) is 32.6 Å². The first-order valence-corrected chi connectivity index (χ1v) is 12.7. The summed E-state index contributed by atoms with van der Waals surface area (Å²) in [6.07, 6.45) is 3.64. The Balaban J connectivity index is 1.29. The van der Waals surface area contributed by atoms with E-state index in [9.17, 15) is 14.4 Å². The zero-order valence-corrected chi connectivity index (χ0v) is 20.8. The highest BCUT2D eigenvalue weighted by atomic mass is 16.5. The van der Waals surface area contributed by atoms with Crippen LogP contribution in [0.25, 0.3) is 0 Å². The van der Waals surface area contributed by atoms with Crippen LogP contribution in [0.15, 0.2) is 54.6 Å². The van der Waals surface area contributed by atoms with E-state index in [1.165, 1.54) is 10.5 Å². The van der Waals surface area contributed by atoms with Crippen molar-refractivity contribution in [1.82, 2.24) is 15.5 Å². The molecular formula is C28H35N3O5. The number of imide groups is 1. The van der Waals surface area contributed by atoms with Crippen molar-refractivity contribution in [1.29, 1.82) is 0 Å². The van der Waals surface area contributed by atoms with E-state index in [0.717, 1.165) is 24.2 Å². The number of hydrogen-bond acceptors (Lipinski definition) is 5. The van der Waals surface area contributed by atoms with Crippen molar-refractivity contribution in [2.75, 3.05) is 33.4 Å². The largest absolute Gasteiger partial charge is 0.497 e. The molecule has 8 heteroatoms. The van der Waals surface area contributed by atoms with Gasteiger partial charge in [0.1, 0.15) is 11.8 Å². The molecule has 4 amide bonds. The van der Waals surface area contributed by atoms with Crippen LogP contribution >= 0.6 is 0 Å². The lowest BCUT2D eigenvalue weighted by atomic mass is 9.73. The molecule has 192 valence electrons. The molecule has 2 aromatic carbocycles. The van der Waals surface area contributed by atoms with E-state index in [2.05, 4.69) is 22.8 Å². The number of aryl methyl sites for hydroxylation is 1. The maximum atomic E-state index is 13.2.